The molecule has 0 bridgehead atoms. The number of carbonyl (C=O) groups is 2. The predicted molar refractivity (Wildman–Crippen MR) is 109 cm³/mol. The maximum absolute atomic E-state index is 12.5. The molecule has 0 radical (unpaired) electrons. The predicted octanol–water partition coefficient (Wildman–Crippen LogP) is 4.17. The summed E-state index contributed by atoms with van der Waals surface area (Å²) in [5.74, 6) is 0.322. The maximum atomic E-state index is 12.5. The molecule has 5 heteroatoms. The molecule has 4 rings (SSSR count). The molecule has 1 aliphatic heterocycles. The molecule has 1 heterocycles. The van der Waals surface area contributed by atoms with Crippen LogP contribution >= 0.6 is 0 Å². The molecule has 1 aliphatic rings. The molecule has 5 nitrogen and oxygen atoms in total. The van der Waals surface area contributed by atoms with Crippen molar-refractivity contribution in [3.05, 3.63) is 89.5 Å². The van der Waals surface area contributed by atoms with Crippen molar-refractivity contribution in [2.24, 2.45) is 0 Å². The van der Waals surface area contributed by atoms with Gasteiger partial charge in [0, 0.05) is 11.3 Å². The van der Waals surface area contributed by atoms with Crippen molar-refractivity contribution in [2.75, 3.05) is 16.8 Å². The van der Waals surface area contributed by atoms with Gasteiger partial charge in [0.05, 0.1) is 12.2 Å². The van der Waals surface area contributed by atoms with Gasteiger partial charge in [-0.15, -0.1) is 0 Å². The van der Waals surface area contributed by atoms with Crippen LogP contribution in [0.3, 0.4) is 0 Å². The zero-order valence-corrected chi connectivity index (χ0v) is 15.5. The largest absolute Gasteiger partial charge is 0.482 e. The average Bonchev–Trinajstić information content (AvgIpc) is 2.72. The van der Waals surface area contributed by atoms with Crippen LogP contribution in [-0.4, -0.2) is 18.4 Å². The fourth-order valence-corrected chi connectivity index (χ4v) is 3.20. The van der Waals surface area contributed by atoms with Gasteiger partial charge in [-0.1, -0.05) is 42.5 Å². The topological polar surface area (TPSA) is 58.6 Å². The van der Waals surface area contributed by atoms with E-state index >= 15 is 0 Å². The van der Waals surface area contributed by atoms with Gasteiger partial charge in [-0.2, -0.15) is 0 Å². The van der Waals surface area contributed by atoms with E-state index in [0.29, 0.717) is 29.2 Å². The molecule has 3 aromatic carbocycles. The van der Waals surface area contributed by atoms with E-state index in [2.05, 4.69) is 5.32 Å². The normalized spacial score (nSPS) is 12.9. The van der Waals surface area contributed by atoms with Crippen LogP contribution in [0.1, 0.15) is 21.5 Å². The Kier molecular flexibility index (Phi) is 4.81. The van der Waals surface area contributed by atoms with E-state index in [1.54, 1.807) is 35.2 Å². The average molecular weight is 372 g/mol. The second-order valence-electron chi connectivity index (χ2n) is 6.70. The molecule has 0 aliphatic carbocycles. The van der Waals surface area contributed by atoms with Crippen molar-refractivity contribution >= 4 is 23.2 Å². The number of amides is 2. The van der Waals surface area contributed by atoms with E-state index in [1.807, 2.05) is 49.4 Å². The smallest absolute Gasteiger partial charge is 0.265 e. The van der Waals surface area contributed by atoms with E-state index in [4.69, 9.17) is 4.74 Å². The van der Waals surface area contributed by atoms with Gasteiger partial charge in [-0.3, -0.25) is 9.59 Å². The number of anilines is 2. The summed E-state index contributed by atoms with van der Waals surface area (Å²) in [5, 5.41) is 2.89. The van der Waals surface area contributed by atoms with E-state index in [0.717, 1.165) is 11.1 Å². The van der Waals surface area contributed by atoms with Crippen LogP contribution in [-0.2, 0) is 11.3 Å². The van der Waals surface area contributed by atoms with E-state index in [1.165, 1.54) is 0 Å². The lowest BCUT2D eigenvalue weighted by Crippen LogP contribution is -2.38. The Hall–Kier alpha value is -3.60. The number of hydrogen-bond donors (Lipinski definition) is 1. The minimum atomic E-state index is -0.200. The van der Waals surface area contributed by atoms with Gasteiger partial charge in [0.25, 0.3) is 11.8 Å². The molecule has 1 N–H and O–H groups in total. The molecule has 2 amide bonds. The molecule has 3 aromatic rings. The van der Waals surface area contributed by atoms with Crippen molar-refractivity contribution in [2.45, 2.75) is 13.5 Å². The van der Waals surface area contributed by atoms with Crippen molar-refractivity contribution in [1.29, 1.82) is 0 Å². The Balaban J connectivity index is 1.62. The molecule has 0 spiro atoms. The van der Waals surface area contributed by atoms with Crippen molar-refractivity contribution in [3.63, 3.8) is 0 Å². The first-order valence-electron chi connectivity index (χ1n) is 9.10. The molecule has 0 saturated heterocycles. The highest BCUT2D eigenvalue weighted by Gasteiger charge is 2.26. The van der Waals surface area contributed by atoms with Crippen molar-refractivity contribution in [3.8, 4) is 5.75 Å². The Morgan fingerprint density at radius 1 is 1.04 bits per heavy atom. The van der Waals surface area contributed by atoms with Gasteiger partial charge >= 0.3 is 0 Å². The third-order valence-corrected chi connectivity index (χ3v) is 4.79. The molecular formula is C23H20N2O3. The van der Waals surface area contributed by atoms with Gasteiger partial charge in [-0.25, -0.2) is 0 Å². The number of ether oxygens (including phenoxy) is 1. The van der Waals surface area contributed by atoms with Gasteiger partial charge in [0.2, 0.25) is 0 Å². The van der Waals surface area contributed by atoms with Crippen molar-refractivity contribution < 1.29 is 14.3 Å². The highest BCUT2D eigenvalue weighted by Crippen LogP contribution is 2.35. The molecular weight excluding hydrogens is 352 g/mol. The van der Waals surface area contributed by atoms with Crippen LogP contribution in [0.25, 0.3) is 0 Å². The van der Waals surface area contributed by atoms with Crippen LogP contribution in [0.15, 0.2) is 72.8 Å². The number of hydrogen-bond acceptors (Lipinski definition) is 3. The fourth-order valence-electron chi connectivity index (χ4n) is 3.20. The Labute approximate surface area is 163 Å². The highest BCUT2D eigenvalue weighted by molar-refractivity contribution is 6.05. The summed E-state index contributed by atoms with van der Waals surface area (Å²) in [6, 6.07) is 22.3. The quantitative estimate of drug-likeness (QED) is 0.748. The summed E-state index contributed by atoms with van der Waals surface area (Å²) in [5.41, 5.74) is 4.04. The monoisotopic (exact) mass is 372 g/mol. The second kappa shape index (κ2) is 7.56. The highest BCUT2D eigenvalue weighted by atomic mass is 16.5. The lowest BCUT2D eigenvalue weighted by molar-refractivity contribution is -0.121. The zero-order valence-electron chi connectivity index (χ0n) is 15.5. The summed E-state index contributed by atoms with van der Waals surface area (Å²) in [6.45, 7) is 2.49. The number of carbonyl (C=O) groups excluding carboxylic acids is 2. The number of rotatable bonds is 4. The second-order valence-corrected chi connectivity index (χ2v) is 6.70. The maximum Gasteiger partial charge on any atom is 0.265 e. The van der Waals surface area contributed by atoms with E-state index < -0.39 is 0 Å². The summed E-state index contributed by atoms with van der Waals surface area (Å²) >= 11 is 0. The standard InChI is InChI=1S/C23H20N2O3/c1-16-7-5-6-10-18(16)14-25-20-13-19(11-12-21(20)28-15-22(25)26)24-23(27)17-8-3-2-4-9-17/h2-13H,14-15H2,1H3,(H,24,27). The van der Waals surface area contributed by atoms with Crippen LogP contribution in [0.2, 0.25) is 0 Å². The zero-order chi connectivity index (χ0) is 19.5. The van der Waals surface area contributed by atoms with Crippen molar-refractivity contribution in [1.82, 2.24) is 0 Å². The van der Waals surface area contributed by atoms with Crippen LogP contribution in [0, 0.1) is 6.92 Å². The lowest BCUT2D eigenvalue weighted by atomic mass is 10.1. The molecule has 28 heavy (non-hydrogen) atoms. The summed E-state index contributed by atoms with van der Waals surface area (Å²) < 4.78 is 5.57. The Morgan fingerprint density at radius 3 is 2.57 bits per heavy atom. The third kappa shape index (κ3) is 3.60. The van der Waals surface area contributed by atoms with Gasteiger partial charge in [-0.05, 0) is 48.4 Å². The molecule has 0 saturated carbocycles. The van der Waals surface area contributed by atoms with Crippen LogP contribution in [0.5, 0.6) is 5.75 Å². The molecule has 0 aromatic heterocycles. The fraction of sp³-hybridized carbons (Fsp3) is 0.130. The Bertz CT molecular complexity index is 1030. The minimum Gasteiger partial charge on any atom is -0.482 e. The van der Waals surface area contributed by atoms with Crippen LogP contribution in [0.4, 0.5) is 11.4 Å². The number of nitrogens with zero attached hydrogens (tertiary/aromatic N) is 1. The van der Waals surface area contributed by atoms with Gasteiger partial charge in [0.1, 0.15) is 5.75 Å². The number of benzene rings is 3. The van der Waals surface area contributed by atoms with E-state index in [9.17, 15) is 9.59 Å². The summed E-state index contributed by atoms with van der Waals surface area (Å²) in [6.07, 6.45) is 0. The van der Waals surface area contributed by atoms with Gasteiger partial charge < -0.3 is 15.0 Å². The number of nitrogens with one attached hydrogen (secondary N) is 1. The lowest BCUT2D eigenvalue weighted by Gasteiger charge is -2.30. The number of aryl methyl sites for hydroxylation is 1. The van der Waals surface area contributed by atoms with Gasteiger partial charge in [0.15, 0.2) is 6.61 Å². The molecule has 0 unspecified atom stereocenters. The molecule has 0 fully saturated rings. The molecule has 0 atom stereocenters. The first-order valence-corrected chi connectivity index (χ1v) is 9.10. The third-order valence-electron chi connectivity index (χ3n) is 4.79. The minimum absolute atomic E-state index is 0.00853. The SMILES string of the molecule is Cc1ccccc1CN1C(=O)COc2ccc(NC(=O)c3ccccc3)cc21. The summed E-state index contributed by atoms with van der Waals surface area (Å²) in [7, 11) is 0. The summed E-state index contributed by atoms with van der Waals surface area (Å²) in [4.78, 5) is 26.7. The first-order chi connectivity index (χ1) is 13.6. The molecule has 140 valence electrons. The van der Waals surface area contributed by atoms with Crippen LogP contribution < -0.4 is 15.0 Å². The number of fused-ring (bicyclic) bond motifs is 1. The van der Waals surface area contributed by atoms with E-state index in [-0.39, 0.29) is 18.4 Å². The Morgan fingerprint density at radius 2 is 1.79 bits per heavy atom. The first kappa shape index (κ1) is 17.8.